The first-order chi connectivity index (χ1) is 13.1. The van der Waals surface area contributed by atoms with Crippen LogP contribution < -0.4 is 4.84 Å². The second-order valence-corrected chi connectivity index (χ2v) is 5.43. The molecule has 8 nitrogen and oxygen atoms in total. The van der Waals surface area contributed by atoms with Crippen molar-refractivity contribution in [1.29, 1.82) is 0 Å². The van der Waals surface area contributed by atoms with Gasteiger partial charge in [-0.1, -0.05) is 65.8 Å². The summed E-state index contributed by atoms with van der Waals surface area (Å²) in [5.74, 6) is -0.185. The molecule has 0 unspecified atom stereocenters. The van der Waals surface area contributed by atoms with Crippen molar-refractivity contribution in [2.45, 2.75) is 0 Å². The Morgan fingerprint density at radius 3 is 1.81 bits per heavy atom. The highest BCUT2D eigenvalue weighted by Gasteiger charge is 2.21. The first-order valence-corrected chi connectivity index (χ1v) is 7.85. The van der Waals surface area contributed by atoms with Gasteiger partial charge in [0.2, 0.25) is 5.75 Å². The van der Waals surface area contributed by atoms with Crippen molar-refractivity contribution in [2.75, 3.05) is 0 Å². The summed E-state index contributed by atoms with van der Waals surface area (Å²) in [6, 6.07) is 21.5. The Hall–Kier alpha value is -4.07. The van der Waals surface area contributed by atoms with E-state index < -0.39 is 21.2 Å². The first-order valence-electron chi connectivity index (χ1n) is 7.85. The smallest absolute Gasteiger partial charge is 0.321 e. The Morgan fingerprint density at radius 2 is 1.33 bits per heavy atom. The molecule has 0 aromatic heterocycles. The quantitative estimate of drug-likeness (QED) is 0.368. The summed E-state index contributed by atoms with van der Waals surface area (Å²) >= 11 is 0. The van der Waals surface area contributed by atoms with Crippen LogP contribution in [-0.2, 0) is 0 Å². The summed E-state index contributed by atoms with van der Waals surface area (Å²) in [6.45, 7) is 0. The molecule has 0 saturated carbocycles. The number of hydrogen-bond acceptors (Lipinski definition) is 6. The highest BCUT2D eigenvalue weighted by molar-refractivity contribution is 6.12. The maximum absolute atomic E-state index is 11.2. The highest BCUT2D eigenvalue weighted by atomic mass is 16.7. The fourth-order valence-corrected chi connectivity index (χ4v) is 2.40. The van der Waals surface area contributed by atoms with Gasteiger partial charge in [0.1, 0.15) is 5.71 Å². The van der Waals surface area contributed by atoms with Gasteiger partial charge in [0.25, 0.3) is 5.69 Å². The van der Waals surface area contributed by atoms with Crippen LogP contribution >= 0.6 is 0 Å². The standard InChI is InChI=1S/C19H13N3O5/c23-21(24)16-11-12-18(17(13-16)22(25)26)27-20-19(14-7-3-1-4-8-14)15-9-5-2-6-10-15/h1-13H. The Kier molecular flexibility index (Phi) is 5.17. The molecule has 27 heavy (non-hydrogen) atoms. The van der Waals surface area contributed by atoms with E-state index in [1.54, 1.807) is 0 Å². The first kappa shape index (κ1) is 17.7. The van der Waals surface area contributed by atoms with E-state index in [4.69, 9.17) is 4.84 Å². The van der Waals surface area contributed by atoms with Gasteiger partial charge in [-0.3, -0.25) is 20.2 Å². The van der Waals surface area contributed by atoms with E-state index in [1.807, 2.05) is 60.7 Å². The number of nitro benzene ring substituents is 2. The van der Waals surface area contributed by atoms with Crippen molar-refractivity contribution in [3.63, 3.8) is 0 Å². The molecule has 134 valence electrons. The summed E-state index contributed by atoms with van der Waals surface area (Å²) in [7, 11) is 0. The monoisotopic (exact) mass is 363 g/mol. The molecule has 0 spiro atoms. The van der Waals surface area contributed by atoms with Gasteiger partial charge < -0.3 is 4.84 Å². The third-order valence-electron chi connectivity index (χ3n) is 3.68. The molecule has 3 aromatic carbocycles. The van der Waals surface area contributed by atoms with Gasteiger partial charge in [-0.05, 0) is 6.07 Å². The molecular formula is C19H13N3O5. The van der Waals surface area contributed by atoms with Crippen LogP contribution in [-0.4, -0.2) is 15.6 Å². The van der Waals surface area contributed by atoms with Crippen molar-refractivity contribution in [2.24, 2.45) is 5.16 Å². The molecule has 3 rings (SSSR count). The van der Waals surface area contributed by atoms with Gasteiger partial charge in [0.15, 0.2) is 0 Å². The summed E-state index contributed by atoms with van der Waals surface area (Å²) < 4.78 is 0. The third kappa shape index (κ3) is 4.13. The van der Waals surface area contributed by atoms with E-state index in [0.717, 1.165) is 29.3 Å². The van der Waals surface area contributed by atoms with E-state index in [0.29, 0.717) is 5.71 Å². The van der Waals surface area contributed by atoms with Crippen LogP contribution in [0.15, 0.2) is 84.0 Å². The Balaban J connectivity index is 2.03. The maximum Gasteiger partial charge on any atom is 0.321 e. The molecule has 0 fully saturated rings. The largest absolute Gasteiger partial charge is 0.349 e. The molecule has 0 heterocycles. The van der Waals surface area contributed by atoms with E-state index in [2.05, 4.69) is 5.16 Å². The molecule has 0 aliphatic carbocycles. The van der Waals surface area contributed by atoms with Crippen molar-refractivity contribution in [1.82, 2.24) is 0 Å². The Morgan fingerprint density at radius 1 is 0.778 bits per heavy atom. The number of nitrogens with zero attached hydrogens (tertiary/aromatic N) is 3. The number of hydrogen-bond donors (Lipinski definition) is 0. The minimum absolute atomic E-state index is 0.185. The zero-order valence-corrected chi connectivity index (χ0v) is 13.9. The molecule has 0 N–H and O–H groups in total. The summed E-state index contributed by atoms with van der Waals surface area (Å²) in [6.07, 6.45) is 0. The van der Waals surface area contributed by atoms with Crippen LogP contribution in [0.25, 0.3) is 0 Å². The molecule has 0 radical (unpaired) electrons. The zero-order chi connectivity index (χ0) is 19.2. The second kappa shape index (κ2) is 7.87. The van der Waals surface area contributed by atoms with Crippen molar-refractivity contribution in [3.05, 3.63) is 110 Å². The van der Waals surface area contributed by atoms with Crippen LogP contribution in [0.4, 0.5) is 11.4 Å². The van der Waals surface area contributed by atoms with Gasteiger partial charge in [0, 0.05) is 17.2 Å². The number of oxime groups is 1. The average molecular weight is 363 g/mol. The van der Waals surface area contributed by atoms with Crippen molar-refractivity contribution in [3.8, 4) is 5.75 Å². The fourth-order valence-electron chi connectivity index (χ4n) is 2.40. The zero-order valence-electron chi connectivity index (χ0n) is 13.9. The van der Waals surface area contributed by atoms with Crippen molar-refractivity contribution >= 4 is 17.1 Å². The van der Waals surface area contributed by atoms with E-state index in [1.165, 1.54) is 0 Å². The lowest BCUT2D eigenvalue weighted by molar-refractivity contribution is -0.394. The lowest BCUT2D eigenvalue weighted by atomic mass is 10.0. The molecule has 0 amide bonds. The van der Waals surface area contributed by atoms with E-state index in [9.17, 15) is 20.2 Å². The Labute approximate surface area is 153 Å². The lowest BCUT2D eigenvalue weighted by Gasteiger charge is -2.07. The van der Waals surface area contributed by atoms with Gasteiger partial charge in [-0.15, -0.1) is 0 Å². The average Bonchev–Trinajstić information content (AvgIpc) is 2.69. The number of nitro groups is 2. The van der Waals surface area contributed by atoms with Crippen molar-refractivity contribution < 1.29 is 14.7 Å². The molecule has 0 aliphatic rings. The Bertz CT molecular complexity index is 963. The third-order valence-corrected chi connectivity index (χ3v) is 3.68. The van der Waals surface area contributed by atoms with Gasteiger partial charge in [-0.25, -0.2) is 0 Å². The SMILES string of the molecule is O=[N+]([O-])c1ccc(ON=C(c2ccccc2)c2ccccc2)c([N+](=O)[O-])c1. The molecule has 0 saturated heterocycles. The predicted octanol–water partition coefficient (Wildman–Crippen LogP) is 4.33. The lowest BCUT2D eigenvalue weighted by Crippen LogP contribution is -2.06. The fraction of sp³-hybridized carbons (Fsp3) is 0. The molecule has 0 aliphatic heterocycles. The summed E-state index contributed by atoms with van der Waals surface area (Å²) in [5.41, 5.74) is 1.06. The molecule has 8 heteroatoms. The predicted molar refractivity (Wildman–Crippen MR) is 98.9 cm³/mol. The summed E-state index contributed by atoms with van der Waals surface area (Å²) in [4.78, 5) is 25.9. The number of rotatable bonds is 6. The topological polar surface area (TPSA) is 108 Å². The van der Waals surface area contributed by atoms with Crippen LogP contribution in [0.5, 0.6) is 5.75 Å². The number of non-ortho nitro benzene ring substituents is 1. The maximum atomic E-state index is 11.2. The van der Waals surface area contributed by atoms with Gasteiger partial charge in [0.05, 0.1) is 15.9 Å². The van der Waals surface area contributed by atoms with Crippen LogP contribution in [0.1, 0.15) is 11.1 Å². The molecule has 3 aromatic rings. The summed E-state index contributed by atoms with van der Waals surface area (Å²) in [5, 5.41) is 26.2. The molecular weight excluding hydrogens is 350 g/mol. The number of benzene rings is 3. The van der Waals surface area contributed by atoms with E-state index in [-0.39, 0.29) is 5.75 Å². The normalized spacial score (nSPS) is 10.1. The van der Waals surface area contributed by atoms with Crippen LogP contribution in [0, 0.1) is 20.2 Å². The second-order valence-electron chi connectivity index (χ2n) is 5.43. The molecule has 0 atom stereocenters. The van der Waals surface area contributed by atoms with Gasteiger partial charge >= 0.3 is 5.69 Å². The minimum atomic E-state index is -0.747. The highest BCUT2D eigenvalue weighted by Crippen LogP contribution is 2.31. The minimum Gasteiger partial charge on any atom is -0.349 e. The van der Waals surface area contributed by atoms with Gasteiger partial charge in [-0.2, -0.15) is 0 Å². The van der Waals surface area contributed by atoms with E-state index >= 15 is 0 Å². The van der Waals surface area contributed by atoms with Crippen LogP contribution in [0.2, 0.25) is 0 Å². The molecule has 0 bridgehead atoms. The van der Waals surface area contributed by atoms with Crippen LogP contribution in [0.3, 0.4) is 0 Å².